The zero-order valence-corrected chi connectivity index (χ0v) is 15.5. The van der Waals surface area contributed by atoms with Gasteiger partial charge in [0.05, 0.1) is 12.7 Å². The fraction of sp³-hybridized carbons (Fsp3) is 0.684. The van der Waals surface area contributed by atoms with Gasteiger partial charge in [0.15, 0.2) is 0 Å². The molecule has 2 aliphatic rings. The Kier molecular flexibility index (Phi) is 3.81. The predicted molar refractivity (Wildman–Crippen MR) is 92.1 cm³/mol. The first-order valence-electron chi connectivity index (χ1n) is 8.71. The number of methoxy groups -OCH3 is 1. The Bertz CT molecular complexity index is 704. The summed E-state index contributed by atoms with van der Waals surface area (Å²) in [7, 11) is 1.35. The molecule has 2 saturated carbocycles. The third kappa shape index (κ3) is 2.13. The van der Waals surface area contributed by atoms with E-state index in [1.165, 1.54) is 13.5 Å². The van der Waals surface area contributed by atoms with E-state index in [9.17, 15) is 9.59 Å². The molecule has 2 aliphatic carbocycles. The number of esters is 1. The summed E-state index contributed by atoms with van der Waals surface area (Å²) in [4.78, 5) is 27.8. The van der Waals surface area contributed by atoms with E-state index in [0.29, 0.717) is 28.4 Å². The minimum Gasteiger partial charge on any atom is -0.465 e. The molecule has 5 heteroatoms. The lowest BCUT2D eigenvalue weighted by Crippen LogP contribution is -2.47. The molecule has 0 radical (unpaired) electrons. The number of nitrogens with one attached hydrogen (secondary N) is 2. The maximum absolute atomic E-state index is 12.8. The first-order chi connectivity index (χ1) is 11.1. The highest BCUT2D eigenvalue weighted by Gasteiger charge is 2.61. The van der Waals surface area contributed by atoms with Gasteiger partial charge in [-0.1, -0.05) is 20.8 Å². The Hall–Kier alpha value is -1.78. The van der Waals surface area contributed by atoms with Gasteiger partial charge in [0.1, 0.15) is 5.69 Å². The van der Waals surface area contributed by atoms with Crippen molar-refractivity contribution in [2.75, 3.05) is 7.11 Å². The minimum absolute atomic E-state index is 0.125. The molecule has 2 fully saturated rings. The van der Waals surface area contributed by atoms with Crippen LogP contribution in [0.5, 0.6) is 0 Å². The Balaban J connectivity index is 1.84. The topological polar surface area (TPSA) is 71.2 Å². The van der Waals surface area contributed by atoms with Gasteiger partial charge < -0.3 is 15.0 Å². The fourth-order valence-electron chi connectivity index (χ4n) is 5.04. The van der Waals surface area contributed by atoms with Crippen LogP contribution in [0.1, 0.15) is 72.1 Å². The van der Waals surface area contributed by atoms with Crippen molar-refractivity contribution in [1.29, 1.82) is 0 Å². The number of carbonyl (C=O) groups is 2. The second kappa shape index (κ2) is 5.36. The van der Waals surface area contributed by atoms with E-state index in [-0.39, 0.29) is 22.8 Å². The zero-order chi connectivity index (χ0) is 17.9. The van der Waals surface area contributed by atoms with Crippen molar-refractivity contribution in [2.24, 2.45) is 16.7 Å². The molecule has 3 rings (SSSR count). The Labute approximate surface area is 143 Å². The van der Waals surface area contributed by atoms with E-state index < -0.39 is 5.97 Å². The van der Waals surface area contributed by atoms with Gasteiger partial charge in [-0.05, 0) is 55.4 Å². The number of hydrogen-bond acceptors (Lipinski definition) is 3. The highest BCUT2D eigenvalue weighted by molar-refractivity contribution is 6.00. The lowest BCUT2D eigenvalue weighted by molar-refractivity contribution is 0.0599. The average molecular weight is 332 g/mol. The molecule has 5 nitrogen and oxygen atoms in total. The number of hydrogen-bond donors (Lipinski definition) is 2. The first-order valence-corrected chi connectivity index (χ1v) is 8.71. The van der Waals surface area contributed by atoms with Gasteiger partial charge in [0.2, 0.25) is 0 Å². The highest BCUT2D eigenvalue weighted by Crippen LogP contribution is 2.65. The third-order valence-corrected chi connectivity index (χ3v) is 7.15. The lowest BCUT2D eigenvalue weighted by Gasteiger charge is -2.39. The first kappa shape index (κ1) is 17.1. The van der Waals surface area contributed by atoms with Crippen LogP contribution in [0.2, 0.25) is 0 Å². The largest absolute Gasteiger partial charge is 0.465 e. The molecule has 0 saturated heterocycles. The quantitative estimate of drug-likeness (QED) is 0.834. The van der Waals surface area contributed by atoms with Crippen molar-refractivity contribution in [2.45, 2.75) is 59.9 Å². The Morgan fingerprint density at radius 1 is 1.25 bits per heavy atom. The fourth-order valence-corrected chi connectivity index (χ4v) is 5.04. The second-order valence-corrected chi connectivity index (χ2v) is 8.25. The zero-order valence-electron chi connectivity index (χ0n) is 15.5. The van der Waals surface area contributed by atoms with Crippen molar-refractivity contribution >= 4 is 11.9 Å². The summed E-state index contributed by atoms with van der Waals surface area (Å²) in [6.45, 7) is 10.5. The van der Waals surface area contributed by atoms with Crippen molar-refractivity contribution in [1.82, 2.24) is 10.3 Å². The molecule has 1 amide bonds. The molecule has 1 heterocycles. The van der Waals surface area contributed by atoms with Crippen LogP contribution < -0.4 is 5.32 Å². The molecule has 24 heavy (non-hydrogen) atoms. The van der Waals surface area contributed by atoms with Crippen LogP contribution in [-0.2, 0) is 4.74 Å². The van der Waals surface area contributed by atoms with Gasteiger partial charge in [-0.15, -0.1) is 0 Å². The molecule has 1 aromatic heterocycles. The molecular formula is C19H28N2O3. The number of aryl methyl sites for hydroxylation is 1. The molecule has 132 valence electrons. The predicted octanol–water partition coefficient (Wildman–Crippen LogP) is 3.36. The molecule has 1 aromatic rings. The van der Waals surface area contributed by atoms with E-state index in [4.69, 9.17) is 4.74 Å². The Morgan fingerprint density at radius 2 is 1.92 bits per heavy atom. The van der Waals surface area contributed by atoms with E-state index in [0.717, 1.165) is 12.8 Å². The summed E-state index contributed by atoms with van der Waals surface area (Å²) < 4.78 is 4.82. The SMILES string of the molecule is COC(=O)c1c(C)[nH]c(C(=O)N[C@@H]2C[C@H]3CC[C@@]2(C)C3(C)C)c1C. The van der Waals surface area contributed by atoms with Crippen LogP contribution in [0.3, 0.4) is 0 Å². The molecule has 3 atom stereocenters. The normalized spacial score (nSPS) is 30.4. The van der Waals surface area contributed by atoms with Crippen molar-refractivity contribution in [3.8, 4) is 0 Å². The van der Waals surface area contributed by atoms with E-state index in [1.807, 2.05) is 0 Å². The van der Waals surface area contributed by atoms with Crippen molar-refractivity contribution in [3.05, 3.63) is 22.5 Å². The van der Waals surface area contributed by atoms with Crippen molar-refractivity contribution in [3.63, 3.8) is 0 Å². The molecule has 2 N–H and O–H groups in total. The molecule has 0 aromatic carbocycles. The summed E-state index contributed by atoms with van der Waals surface area (Å²) in [6, 6.07) is 0.184. The summed E-state index contributed by atoms with van der Waals surface area (Å²) in [6.07, 6.45) is 3.45. The van der Waals surface area contributed by atoms with E-state index >= 15 is 0 Å². The number of aromatic nitrogens is 1. The maximum atomic E-state index is 12.8. The number of amides is 1. The number of rotatable bonds is 3. The number of ether oxygens (including phenoxy) is 1. The van der Waals surface area contributed by atoms with Crippen LogP contribution in [-0.4, -0.2) is 30.0 Å². The number of fused-ring (bicyclic) bond motifs is 2. The average Bonchev–Trinajstić information content (AvgIpc) is 3.00. The maximum Gasteiger partial charge on any atom is 0.339 e. The van der Waals surface area contributed by atoms with E-state index in [2.05, 4.69) is 31.1 Å². The van der Waals surface area contributed by atoms with E-state index in [1.54, 1.807) is 13.8 Å². The lowest BCUT2D eigenvalue weighted by atomic mass is 9.69. The monoisotopic (exact) mass is 332 g/mol. The standard InChI is InChI=1S/C19H28N2O3/c1-10-14(17(23)24-6)11(2)20-15(10)16(22)21-13-9-12-7-8-19(13,5)18(12,3)4/h12-13,20H,7-9H2,1-6H3,(H,21,22)/t12-,13-,19-/m1/s1. The summed E-state index contributed by atoms with van der Waals surface area (Å²) in [5.74, 6) is 0.138. The van der Waals surface area contributed by atoms with Crippen LogP contribution in [0.15, 0.2) is 0 Å². The van der Waals surface area contributed by atoms with Gasteiger partial charge in [0, 0.05) is 11.7 Å². The minimum atomic E-state index is -0.409. The smallest absolute Gasteiger partial charge is 0.339 e. The summed E-state index contributed by atoms with van der Waals surface area (Å²) >= 11 is 0. The van der Waals surface area contributed by atoms with Gasteiger partial charge in [0.25, 0.3) is 5.91 Å². The molecule has 0 aliphatic heterocycles. The third-order valence-electron chi connectivity index (χ3n) is 7.15. The highest BCUT2D eigenvalue weighted by atomic mass is 16.5. The summed E-state index contributed by atoms with van der Waals surface area (Å²) in [5.41, 5.74) is 2.64. The van der Waals surface area contributed by atoms with Gasteiger partial charge in [-0.3, -0.25) is 4.79 Å². The Morgan fingerprint density at radius 3 is 2.42 bits per heavy atom. The van der Waals surface area contributed by atoms with Crippen molar-refractivity contribution < 1.29 is 14.3 Å². The molecule has 0 spiro atoms. The van der Waals surface area contributed by atoms with Crippen LogP contribution in [0.4, 0.5) is 0 Å². The van der Waals surface area contributed by atoms with Crippen LogP contribution in [0.25, 0.3) is 0 Å². The van der Waals surface area contributed by atoms with Crippen LogP contribution >= 0.6 is 0 Å². The number of H-pyrrole nitrogens is 1. The molecule has 2 bridgehead atoms. The van der Waals surface area contributed by atoms with Gasteiger partial charge >= 0.3 is 5.97 Å². The van der Waals surface area contributed by atoms with Crippen LogP contribution in [0, 0.1) is 30.6 Å². The second-order valence-electron chi connectivity index (χ2n) is 8.25. The van der Waals surface area contributed by atoms with Gasteiger partial charge in [-0.2, -0.15) is 0 Å². The molecular weight excluding hydrogens is 304 g/mol. The number of aromatic amines is 1. The summed E-state index contributed by atoms with van der Waals surface area (Å²) in [5, 5.41) is 3.24. The van der Waals surface area contributed by atoms with Gasteiger partial charge in [-0.25, -0.2) is 4.79 Å². The number of carbonyl (C=O) groups excluding carboxylic acids is 2. The molecule has 0 unspecified atom stereocenters.